The predicted octanol–water partition coefficient (Wildman–Crippen LogP) is -0.610. The highest BCUT2D eigenvalue weighted by atomic mass is 16.1. The summed E-state index contributed by atoms with van der Waals surface area (Å²) in [6.07, 6.45) is 4.75. The van der Waals surface area contributed by atoms with E-state index in [0.717, 1.165) is 13.0 Å². The molecule has 3 heteroatoms. The fraction of sp³-hybridized carbons (Fsp3) is 0.500. The van der Waals surface area contributed by atoms with E-state index in [1.165, 1.54) is 0 Å². The number of primary amides is 1. The van der Waals surface area contributed by atoms with Gasteiger partial charge in [0.25, 0.3) is 0 Å². The van der Waals surface area contributed by atoms with Crippen LogP contribution in [0.2, 0.25) is 0 Å². The van der Waals surface area contributed by atoms with Crippen molar-refractivity contribution in [2.75, 3.05) is 6.54 Å². The van der Waals surface area contributed by atoms with Crippen LogP contribution in [0.3, 0.4) is 0 Å². The Kier molecular flexibility index (Phi) is 1.85. The molecule has 50 valence electrons. The smallest absolute Gasteiger partial charge is 0.238 e. The fourth-order valence-electron chi connectivity index (χ4n) is 0.818. The number of nitrogens with one attached hydrogen (secondary N) is 1. The van der Waals surface area contributed by atoms with Gasteiger partial charge in [-0.25, -0.2) is 0 Å². The standard InChI is InChI=1S/C6H10N2O/c7-6(9)5-3-1-2-4-8-5/h1,3,5,8H,2,4H2,(H2,7,9). The molecular weight excluding hydrogens is 116 g/mol. The quantitative estimate of drug-likeness (QED) is 0.460. The lowest BCUT2D eigenvalue weighted by atomic mass is 10.2. The number of hydrogen-bond donors (Lipinski definition) is 2. The first-order valence-electron chi connectivity index (χ1n) is 3.00. The number of carbonyl (C=O) groups excluding carboxylic acids is 1. The van der Waals surface area contributed by atoms with Gasteiger partial charge in [0.15, 0.2) is 0 Å². The Morgan fingerprint density at radius 3 is 2.89 bits per heavy atom. The summed E-state index contributed by atoms with van der Waals surface area (Å²) in [7, 11) is 0. The molecule has 0 fully saturated rings. The Hall–Kier alpha value is -0.830. The van der Waals surface area contributed by atoms with Crippen LogP contribution >= 0.6 is 0 Å². The molecule has 0 aromatic heterocycles. The van der Waals surface area contributed by atoms with Gasteiger partial charge in [-0.15, -0.1) is 0 Å². The van der Waals surface area contributed by atoms with E-state index in [1.807, 2.05) is 6.08 Å². The zero-order valence-electron chi connectivity index (χ0n) is 5.13. The lowest BCUT2D eigenvalue weighted by Gasteiger charge is -2.13. The lowest BCUT2D eigenvalue weighted by molar-refractivity contribution is -0.119. The van der Waals surface area contributed by atoms with Crippen molar-refractivity contribution in [3.63, 3.8) is 0 Å². The summed E-state index contributed by atoms with van der Waals surface area (Å²) in [5, 5.41) is 2.96. The van der Waals surface area contributed by atoms with Gasteiger partial charge in [0.05, 0.1) is 0 Å². The van der Waals surface area contributed by atoms with Gasteiger partial charge in [-0.1, -0.05) is 12.2 Å². The van der Waals surface area contributed by atoms with Crippen molar-refractivity contribution in [2.45, 2.75) is 12.5 Å². The largest absolute Gasteiger partial charge is 0.368 e. The highest BCUT2D eigenvalue weighted by Gasteiger charge is 2.11. The maximum atomic E-state index is 10.5. The SMILES string of the molecule is NC(=O)C1C=CCCN1. The van der Waals surface area contributed by atoms with Crippen molar-refractivity contribution in [3.8, 4) is 0 Å². The molecule has 1 unspecified atom stereocenters. The van der Waals surface area contributed by atoms with Crippen LogP contribution in [-0.2, 0) is 4.79 Å². The molecule has 0 saturated carbocycles. The normalized spacial score (nSPS) is 26.0. The number of nitrogens with two attached hydrogens (primary N) is 1. The van der Waals surface area contributed by atoms with Crippen LogP contribution in [0.15, 0.2) is 12.2 Å². The average Bonchev–Trinajstić information content (AvgIpc) is 1.90. The van der Waals surface area contributed by atoms with Crippen molar-refractivity contribution in [3.05, 3.63) is 12.2 Å². The van der Waals surface area contributed by atoms with Crippen molar-refractivity contribution < 1.29 is 4.79 Å². The number of hydrogen-bond acceptors (Lipinski definition) is 2. The first-order chi connectivity index (χ1) is 4.30. The van der Waals surface area contributed by atoms with Gasteiger partial charge in [0.1, 0.15) is 6.04 Å². The van der Waals surface area contributed by atoms with Crippen molar-refractivity contribution in [1.29, 1.82) is 0 Å². The monoisotopic (exact) mass is 126 g/mol. The van der Waals surface area contributed by atoms with Crippen LogP contribution in [0, 0.1) is 0 Å². The van der Waals surface area contributed by atoms with Crippen molar-refractivity contribution in [2.24, 2.45) is 5.73 Å². The average molecular weight is 126 g/mol. The summed E-state index contributed by atoms with van der Waals surface area (Å²) in [5.74, 6) is -0.300. The highest BCUT2D eigenvalue weighted by Crippen LogP contribution is 1.94. The fourth-order valence-corrected chi connectivity index (χ4v) is 0.818. The van der Waals surface area contributed by atoms with E-state index in [9.17, 15) is 4.79 Å². The summed E-state index contributed by atoms with van der Waals surface area (Å²) in [5.41, 5.74) is 5.01. The van der Waals surface area contributed by atoms with E-state index < -0.39 is 0 Å². The minimum absolute atomic E-state index is 0.237. The van der Waals surface area contributed by atoms with Crippen LogP contribution in [0.25, 0.3) is 0 Å². The maximum Gasteiger partial charge on any atom is 0.238 e. The molecule has 0 radical (unpaired) electrons. The van der Waals surface area contributed by atoms with Crippen LogP contribution in [0.5, 0.6) is 0 Å². The van der Waals surface area contributed by atoms with E-state index in [4.69, 9.17) is 5.73 Å². The number of amides is 1. The van der Waals surface area contributed by atoms with Gasteiger partial charge in [-0.2, -0.15) is 0 Å². The van der Waals surface area contributed by atoms with Crippen LogP contribution in [0.4, 0.5) is 0 Å². The second-order valence-electron chi connectivity index (χ2n) is 2.05. The summed E-state index contributed by atoms with van der Waals surface area (Å²) < 4.78 is 0. The zero-order chi connectivity index (χ0) is 6.69. The topological polar surface area (TPSA) is 55.1 Å². The first-order valence-corrected chi connectivity index (χ1v) is 3.00. The van der Waals surface area contributed by atoms with Gasteiger partial charge in [-0.3, -0.25) is 4.79 Å². The molecule has 1 aliphatic heterocycles. The molecule has 3 nitrogen and oxygen atoms in total. The van der Waals surface area contributed by atoms with Gasteiger partial charge < -0.3 is 11.1 Å². The Bertz CT molecular complexity index is 142. The summed E-state index contributed by atoms with van der Waals surface area (Å²) in [4.78, 5) is 10.5. The van der Waals surface area contributed by atoms with Crippen LogP contribution in [0.1, 0.15) is 6.42 Å². The molecule has 1 atom stereocenters. The van der Waals surface area contributed by atoms with E-state index in [2.05, 4.69) is 5.32 Å². The zero-order valence-corrected chi connectivity index (χ0v) is 5.13. The number of carbonyl (C=O) groups is 1. The van der Waals surface area contributed by atoms with Crippen molar-refractivity contribution >= 4 is 5.91 Å². The summed E-state index contributed by atoms with van der Waals surface area (Å²) in [6, 6.07) is -0.237. The van der Waals surface area contributed by atoms with Gasteiger partial charge >= 0.3 is 0 Å². The molecule has 0 aliphatic carbocycles. The molecular formula is C6H10N2O. The Labute approximate surface area is 53.9 Å². The summed E-state index contributed by atoms with van der Waals surface area (Å²) >= 11 is 0. The van der Waals surface area contributed by atoms with E-state index in [1.54, 1.807) is 6.08 Å². The van der Waals surface area contributed by atoms with E-state index in [-0.39, 0.29) is 11.9 Å². The third-order valence-corrected chi connectivity index (χ3v) is 1.31. The highest BCUT2D eigenvalue weighted by molar-refractivity contribution is 5.82. The molecule has 0 saturated heterocycles. The van der Waals surface area contributed by atoms with E-state index in [0.29, 0.717) is 0 Å². The third-order valence-electron chi connectivity index (χ3n) is 1.31. The van der Waals surface area contributed by atoms with E-state index >= 15 is 0 Å². The Morgan fingerprint density at radius 2 is 2.56 bits per heavy atom. The van der Waals surface area contributed by atoms with Gasteiger partial charge in [-0.05, 0) is 13.0 Å². The van der Waals surface area contributed by atoms with Gasteiger partial charge in [0, 0.05) is 0 Å². The van der Waals surface area contributed by atoms with Crippen LogP contribution in [-0.4, -0.2) is 18.5 Å². The van der Waals surface area contributed by atoms with Crippen molar-refractivity contribution in [1.82, 2.24) is 5.32 Å². The molecule has 1 rings (SSSR count). The molecule has 3 N–H and O–H groups in total. The minimum Gasteiger partial charge on any atom is -0.368 e. The molecule has 1 aliphatic rings. The molecule has 0 bridgehead atoms. The third kappa shape index (κ3) is 1.54. The number of rotatable bonds is 1. The lowest BCUT2D eigenvalue weighted by Crippen LogP contribution is -2.41. The molecule has 0 aromatic carbocycles. The molecule has 1 amide bonds. The maximum absolute atomic E-state index is 10.5. The first kappa shape index (κ1) is 6.29. The molecule has 0 spiro atoms. The molecule has 9 heavy (non-hydrogen) atoms. The minimum atomic E-state index is -0.300. The molecule has 1 heterocycles. The predicted molar refractivity (Wildman–Crippen MR) is 34.7 cm³/mol. The second-order valence-corrected chi connectivity index (χ2v) is 2.05. The Balaban J connectivity index is 2.50. The van der Waals surface area contributed by atoms with Gasteiger partial charge in [0.2, 0.25) is 5.91 Å². The second kappa shape index (κ2) is 2.64. The van der Waals surface area contributed by atoms with Crippen LogP contribution < -0.4 is 11.1 Å². The summed E-state index contributed by atoms with van der Waals surface area (Å²) in [6.45, 7) is 0.851. The molecule has 0 aromatic rings. The Morgan fingerprint density at radius 1 is 1.78 bits per heavy atom.